The summed E-state index contributed by atoms with van der Waals surface area (Å²) in [5, 5.41) is 47.6. The van der Waals surface area contributed by atoms with E-state index >= 15 is 0 Å². The van der Waals surface area contributed by atoms with E-state index in [1.54, 1.807) is 20.1 Å². The number of aliphatic carboxylic acids is 1. The zero-order chi connectivity index (χ0) is 46.8. The van der Waals surface area contributed by atoms with E-state index in [2.05, 4.69) is 37.2 Å². The number of hydrogen-bond acceptors (Lipinski definition) is 14. The molecule has 0 aliphatic heterocycles. The van der Waals surface area contributed by atoms with Gasteiger partial charge < -0.3 is 69.7 Å². The third-order valence-electron chi connectivity index (χ3n) is 9.42. The minimum Gasteiger partial charge on any atom is -0.480 e. The fraction of sp³-hybridized carbons (Fsp3) is 0.795. The zero-order valence-electron chi connectivity index (χ0n) is 36.8. The maximum atomic E-state index is 13.6. The van der Waals surface area contributed by atoms with Gasteiger partial charge in [-0.25, -0.2) is 4.79 Å². The van der Waals surface area contributed by atoms with Crippen LogP contribution in [0.1, 0.15) is 99.3 Å². The molecule has 0 aliphatic carbocycles. The lowest BCUT2D eigenvalue weighted by Crippen LogP contribution is -2.62. The first kappa shape index (κ1) is 56.9. The lowest BCUT2D eigenvalue weighted by Gasteiger charge is -2.28. The summed E-state index contributed by atoms with van der Waals surface area (Å²) in [4.78, 5) is 105. The molecule has 16 N–H and O–H groups in total. The summed E-state index contributed by atoms with van der Waals surface area (Å²) < 4.78 is 0. The second-order valence-corrected chi connectivity index (χ2v) is 17.0. The zero-order valence-corrected chi connectivity index (χ0v) is 37.6. The van der Waals surface area contributed by atoms with Crippen molar-refractivity contribution < 1.29 is 53.7 Å². The van der Waals surface area contributed by atoms with E-state index in [0.717, 1.165) is 0 Å². The number of amides is 7. The predicted molar refractivity (Wildman–Crippen MR) is 231 cm³/mol. The summed E-state index contributed by atoms with van der Waals surface area (Å²) in [5.74, 6) is -6.58. The Labute approximate surface area is 363 Å². The third-order valence-corrected chi connectivity index (χ3v) is 10.1. The van der Waals surface area contributed by atoms with Crippen LogP contribution in [0.5, 0.6) is 0 Å². The van der Waals surface area contributed by atoms with Gasteiger partial charge in [0.15, 0.2) is 0 Å². The Balaban J connectivity index is 5.98. The Hall–Kier alpha value is -4.09. The van der Waals surface area contributed by atoms with Crippen molar-refractivity contribution in [2.45, 2.75) is 154 Å². The largest absolute Gasteiger partial charge is 0.480 e. The number of unbranched alkanes of at least 4 members (excludes halogenated alkanes) is 2. The SMILES string of the molecule is CSCC[C@H](NC(=O)[C@@H](NC(=O)[C@H](C)NC(=O)[C@H](CCCCN)NC(=O)[C@@H](N)CC(C)C)[C@@H](C)O)C(=O)N[C@@H](CO)C(=O)N[C@@H](CCCCN)C(=O)N[C@@H](CC(C)C)C(=O)O. The number of nitrogens with one attached hydrogen (secondary N) is 7. The Morgan fingerprint density at radius 3 is 1.41 bits per heavy atom. The van der Waals surface area contributed by atoms with Crippen LogP contribution in [0.2, 0.25) is 0 Å². The number of nitrogens with two attached hydrogens (primary N) is 3. The molecule has 0 bridgehead atoms. The molecule has 61 heavy (non-hydrogen) atoms. The van der Waals surface area contributed by atoms with Gasteiger partial charge in [0.25, 0.3) is 0 Å². The summed E-state index contributed by atoms with van der Waals surface area (Å²) in [6.45, 7) is 9.68. The maximum absolute atomic E-state index is 13.6. The Kier molecular flexibility index (Phi) is 28.8. The number of carbonyl (C=O) groups excluding carboxylic acids is 7. The topological polar surface area (TPSA) is 360 Å². The van der Waals surface area contributed by atoms with E-state index in [1.807, 2.05) is 13.8 Å². The van der Waals surface area contributed by atoms with Gasteiger partial charge in [0, 0.05) is 0 Å². The van der Waals surface area contributed by atoms with E-state index in [0.29, 0.717) is 50.9 Å². The van der Waals surface area contributed by atoms with E-state index in [9.17, 15) is 53.7 Å². The van der Waals surface area contributed by atoms with Gasteiger partial charge in [-0.05, 0) is 109 Å². The highest BCUT2D eigenvalue weighted by molar-refractivity contribution is 7.98. The molecule has 0 fully saturated rings. The van der Waals surface area contributed by atoms with Crippen LogP contribution in [0, 0.1) is 11.8 Å². The van der Waals surface area contributed by atoms with Gasteiger partial charge in [-0.1, -0.05) is 27.7 Å². The van der Waals surface area contributed by atoms with Crippen molar-refractivity contribution >= 4 is 59.1 Å². The third kappa shape index (κ3) is 23.1. The molecular formula is C39H74N10O11S. The number of carboxylic acid groups (broad SMARTS) is 1. The average molecular weight is 891 g/mol. The molecule has 0 aromatic rings. The van der Waals surface area contributed by atoms with Crippen molar-refractivity contribution in [2.24, 2.45) is 29.0 Å². The summed E-state index contributed by atoms with van der Waals surface area (Å²) in [7, 11) is 0. The minimum absolute atomic E-state index is 0.0140. The molecule has 0 radical (unpaired) electrons. The van der Waals surface area contributed by atoms with Gasteiger partial charge in [-0.15, -0.1) is 0 Å². The molecule has 0 aromatic carbocycles. The molecule has 0 spiro atoms. The second-order valence-electron chi connectivity index (χ2n) is 16.0. The first-order valence-electron chi connectivity index (χ1n) is 20.9. The molecule has 21 nitrogen and oxygen atoms in total. The lowest BCUT2D eigenvalue weighted by molar-refractivity contribution is -0.143. The highest BCUT2D eigenvalue weighted by atomic mass is 32.2. The highest BCUT2D eigenvalue weighted by Gasteiger charge is 2.35. The van der Waals surface area contributed by atoms with Crippen LogP contribution in [-0.2, 0) is 38.4 Å². The summed E-state index contributed by atoms with van der Waals surface area (Å²) in [6.07, 6.45) is 3.03. The van der Waals surface area contributed by atoms with Crippen molar-refractivity contribution in [2.75, 3.05) is 31.7 Å². The van der Waals surface area contributed by atoms with Crippen LogP contribution >= 0.6 is 11.8 Å². The first-order chi connectivity index (χ1) is 28.6. The number of hydrogen-bond donors (Lipinski definition) is 13. The lowest BCUT2D eigenvalue weighted by atomic mass is 10.0. The number of aliphatic hydroxyl groups is 2. The Bertz CT molecular complexity index is 1410. The van der Waals surface area contributed by atoms with Gasteiger partial charge in [0.05, 0.1) is 18.8 Å². The minimum atomic E-state index is -1.62. The molecule has 0 heterocycles. The van der Waals surface area contributed by atoms with Crippen LogP contribution in [0.15, 0.2) is 0 Å². The molecule has 352 valence electrons. The van der Waals surface area contributed by atoms with Gasteiger partial charge in [-0.2, -0.15) is 11.8 Å². The van der Waals surface area contributed by atoms with Crippen LogP contribution < -0.4 is 54.4 Å². The monoisotopic (exact) mass is 891 g/mol. The fourth-order valence-electron chi connectivity index (χ4n) is 5.95. The molecule has 0 rings (SSSR count). The number of rotatable bonds is 32. The van der Waals surface area contributed by atoms with Crippen molar-refractivity contribution in [1.29, 1.82) is 0 Å². The summed E-state index contributed by atoms with van der Waals surface area (Å²) >= 11 is 1.33. The van der Waals surface area contributed by atoms with E-state index in [1.165, 1.54) is 25.6 Å². The number of thioether (sulfide) groups is 1. The highest BCUT2D eigenvalue weighted by Crippen LogP contribution is 2.10. The average Bonchev–Trinajstić information content (AvgIpc) is 3.18. The second kappa shape index (κ2) is 30.9. The molecule has 0 unspecified atom stereocenters. The summed E-state index contributed by atoms with van der Waals surface area (Å²) in [6, 6.07) is -10.2. The molecule has 0 saturated carbocycles. The molecule has 22 heteroatoms. The summed E-state index contributed by atoms with van der Waals surface area (Å²) in [5.41, 5.74) is 17.2. The first-order valence-corrected chi connectivity index (χ1v) is 22.3. The molecule has 0 aromatic heterocycles. The van der Waals surface area contributed by atoms with Crippen LogP contribution in [0.4, 0.5) is 0 Å². The molecule has 0 aliphatic rings. The van der Waals surface area contributed by atoms with Crippen LogP contribution in [-0.4, -0.2) is 149 Å². The molecular weight excluding hydrogens is 817 g/mol. The Morgan fingerprint density at radius 1 is 0.541 bits per heavy atom. The number of carboxylic acids is 1. The van der Waals surface area contributed by atoms with E-state index < -0.39 is 108 Å². The van der Waals surface area contributed by atoms with Gasteiger partial charge in [0.2, 0.25) is 41.4 Å². The number of aliphatic hydroxyl groups excluding tert-OH is 2. The standard InChI is InChI=1S/C39H74N10O11S/c1-21(2)18-25(42)33(53)44-26(12-8-10-15-40)34(54)43-23(5)32(52)49-31(24(6)51)38(58)46-28(14-17-61-7)36(56)48-30(20-50)37(57)45-27(13-9-11-16-41)35(55)47-29(39(59)60)19-22(3)4/h21-31,50-51H,8-20,40-42H2,1-7H3,(H,43,54)(H,44,53)(H,45,57)(H,46,58)(H,47,55)(H,48,56)(H,49,52)(H,59,60)/t23-,24+,25-,26-,27-,28-,29-,30-,31-/m0/s1. The predicted octanol–water partition coefficient (Wildman–Crippen LogP) is -2.71. The van der Waals surface area contributed by atoms with Crippen LogP contribution in [0.25, 0.3) is 0 Å². The molecule has 7 amide bonds. The quantitative estimate of drug-likeness (QED) is 0.0306. The maximum Gasteiger partial charge on any atom is 0.326 e. The smallest absolute Gasteiger partial charge is 0.326 e. The van der Waals surface area contributed by atoms with Crippen molar-refractivity contribution in [3.8, 4) is 0 Å². The van der Waals surface area contributed by atoms with E-state index in [-0.39, 0.29) is 37.5 Å². The van der Waals surface area contributed by atoms with E-state index in [4.69, 9.17) is 17.2 Å². The van der Waals surface area contributed by atoms with Crippen LogP contribution in [0.3, 0.4) is 0 Å². The van der Waals surface area contributed by atoms with Gasteiger partial charge >= 0.3 is 5.97 Å². The van der Waals surface area contributed by atoms with Crippen molar-refractivity contribution in [3.05, 3.63) is 0 Å². The van der Waals surface area contributed by atoms with Gasteiger partial charge in [0.1, 0.15) is 42.3 Å². The fourth-order valence-corrected chi connectivity index (χ4v) is 6.42. The molecule has 0 saturated heterocycles. The normalized spacial score (nSPS) is 15.8. The van der Waals surface area contributed by atoms with Gasteiger partial charge in [-0.3, -0.25) is 33.6 Å². The van der Waals surface area contributed by atoms with Crippen molar-refractivity contribution in [1.82, 2.24) is 37.2 Å². The molecule has 9 atom stereocenters. The number of carbonyl (C=O) groups is 8. The van der Waals surface area contributed by atoms with Crippen molar-refractivity contribution in [3.63, 3.8) is 0 Å². The Morgan fingerprint density at radius 2 is 0.967 bits per heavy atom.